The summed E-state index contributed by atoms with van der Waals surface area (Å²) in [5.41, 5.74) is 7.01. The fourth-order valence-corrected chi connectivity index (χ4v) is 3.73. The summed E-state index contributed by atoms with van der Waals surface area (Å²) in [6.07, 6.45) is 3.46. The average molecular weight is 316 g/mol. The predicted molar refractivity (Wildman–Crippen MR) is 99.1 cm³/mol. The van der Waals surface area contributed by atoms with Gasteiger partial charge in [0.15, 0.2) is 0 Å². The molecular weight excluding hydrogens is 288 g/mol. The predicted octanol–water partition coefficient (Wildman–Crippen LogP) is 4.13. The zero-order chi connectivity index (χ0) is 17.1. The molecule has 0 radical (unpaired) electrons. The van der Waals surface area contributed by atoms with Gasteiger partial charge in [-0.05, 0) is 42.4 Å². The molecule has 1 heterocycles. The van der Waals surface area contributed by atoms with Crippen LogP contribution in [-0.2, 0) is 25.7 Å². The molecule has 0 amide bonds. The molecule has 0 unspecified atom stereocenters. The van der Waals surface area contributed by atoms with Gasteiger partial charge in [0.2, 0.25) is 0 Å². The first kappa shape index (κ1) is 17.4. The zero-order valence-electron chi connectivity index (χ0n) is 15.1. The van der Waals surface area contributed by atoms with Crippen molar-refractivity contribution in [2.24, 2.45) is 0 Å². The van der Waals surface area contributed by atoms with Crippen molar-refractivity contribution in [2.75, 3.05) is 24.7 Å². The molecular formula is C19H28N2O2. The lowest BCUT2D eigenvalue weighted by molar-refractivity contribution is 0.557. The minimum absolute atomic E-state index is 0.270. The Morgan fingerprint density at radius 2 is 1.22 bits per heavy atom. The van der Waals surface area contributed by atoms with Gasteiger partial charge in [-0.15, -0.1) is 0 Å². The van der Waals surface area contributed by atoms with Crippen LogP contribution in [0.3, 0.4) is 0 Å². The minimum atomic E-state index is -0.270. The minimum Gasteiger partial charge on any atom is -0.421 e. The van der Waals surface area contributed by atoms with E-state index >= 15 is 0 Å². The number of rotatable bonds is 6. The molecule has 0 saturated carbocycles. The topological polar surface area (TPSA) is 54.3 Å². The molecule has 2 N–H and O–H groups in total. The van der Waals surface area contributed by atoms with Crippen LogP contribution in [0, 0.1) is 0 Å². The Hall–Kier alpha value is -1.97. The molecule has 1 aromatic carbocycles. The van der Waals surface area contributed by atoms with Crippen LogP contribution in [-0.4, -0.2) is 14.1 Å². The normalized spacial score (nSPS) is 11.0. The number of anilines is 2. The van der Waals surface area contributed by atoms with Gasteiger partial charge in [0, 0.05) is 30.7 Å². The molecule has 126 valence electrons. The highest BCUT2D eigenvalue weighted by Gasteiger charge is 2.22. The lowest BCUT2D eigenvalue weighted by Crippen LogP contribution is -2.14. The summed E-state index contributed by atoms with van der Waals surface area (Å²) in [7, 11) is 3.76. The highest BCUT2D eigenvalue weighted by atomic mass is 16.4. The van der Waals surface area contributed by atoms with E-state index in [0.717, 1.165) is 47.8 Å². The Kier molecular flexibility index (Phi) is 5.34. The second kappa shape index (κ2) is 7.07. The molecule has 0 fully saturated rings. The van der Waals surface area contributed by atoms with E-state index in [9.17, 15) is 4.79 Å². The largest absolute Gasteiger partial charge is 0.421 e. The Labute approximate surface area is 138 Å². The van der Waals surface area contributed by atoms with Crippen LogP contribution in [0.25, 0.3) is 11.0 Å². The third-order valence-electron chi connectivity index (χ3n) is 4.69. The van der Waals surface area contributed by atoms with Crippen molar-refractivity contribution in [3.63, 3.8) is 0 Å². The highest BCUT2D eigenvalue weighted by molar-refractivity contribution is 5.95. The molecule has 0 bridgehead atoms. The van der Waals surface area contributed by atoms with Gasteiger partial charge in [0.1, 0.15) is 11.3 Å². The standard InChI is InChI=1S/C19H28N2O2/c1-7-11-12(8-2)18-15(13(9-3)16(11)20-5)14(10-4)17(21-6)19(22)23-18/h20-21H,7-10H2,1-6H3. The average Bonchev–Trinajstić information content (AvgIpc) is 2.57. The van der Waals surface area contributed by atoms with Crippen molar-refractivity contribution in [3.05, 3.63) is 32.7 Å². The summed E-state index contributed by atoms with van der Waals surface area (Å²) in [6.45, 7) is 8.52. The summed E-state index contributed by atoms with van der Waals surface area (Å²) < 4.78 is 5.79. The molecule has 0 aliphatic heterocycles. The van der Waals surface area contributed by atoms with E-state index in [-0.39, 0.29) is 5.63 Å². The van der Waals surface area contributed by atoms with Crippen LogP contribution in [0.15, 0.2) is 9.21 Å². The maximum Gasteiger partial charge on any atom is 0.360 e. The van der Waals surface area contributed by atoms with Crippen LogP contribution in [0.1, 0.15) is 49.9 Å². The van der Waals surface area contributed by atoms with Crippen LogP contribution >= 0.6 is 0 Å². The first-order valence-corrected chi connectivity index (χ1v) is 8.61. The second-order valence-corrected chi connectivity index (χ2v) is 5.67. The SMILES string of the molecule is CCc1c(NC)c(CC)c2c(CC)c(NC)c(=O)oc2c1CC. The summed E-state index contributed by atoms with van der Waals surface area (Å²) in [6, 6.07) is 0. The van der Waals surface area contributed by atoms with E-state index in [1.54, 1.807) is 7.05 Å². The van der Waals surface area contributed by atoms with Crippen molar-refractivity contribution < 1.29 is 4.42 Å². The third-order valence-corrected chi connectivity index (χ3v) is 4.69. The first-order chi connectivity index (χ1) is 11.1. The van der Waals surface area contributed by atoms with Gasteiger partial charge >= 0.3 is 5.63 Å². The van der Waals surface area contributed by atoms with E-state index in [2.05, 4.69) is 38.3 Å². The summed E-state index contributed by atoms with van der Waals surface area (Å²) >= 11 is 0. The Morgan fingerprint density at radius 3 is 1.65 bits per heavy atom. The van der Waals surface area contributed by atoms with Gasteiger partial charge in [-0.2, -0.15) is 0 Å². The summed E-state index contributed by atoms with van der Waals surface area (Å²) in [5.74, 6) is 0. The van der Waals surface area contributed by atoms with Crippen molar-refractivity contribution in [2.45, 2.75) is 53.4 Å². The fraction of sp³-hybridized carbons (Fsp3) is 0.526. The zero-order valence-corrected chi connectivity index (χ0v) is 15.1. The number of fused-ring (bicyclic) bond motifs is 1. The van der Waals surface area contributed by atoms with Gasteiger partial charge in [0.25, 0.3) is 0 Å². The van der Waals surface area contributed by atoms with E-state index in [4.69, 9.17) is 4.42 Å². The molecule has 2 aromatic rings. The van der Waals surface area contributed by atoms with E-state index in [1.807, 2.05) is 7.05 Å². The van der Waals surface area contributed by atoms with Gasteiger partial charge in [-0.1, -0.05) is 27.7 Å². The summed E-state index contributed by atoms with van der Waals surface area (Å²) in [4.78, 5) is 12.4. The molecule has 0 aliphatic rings. The van der Waals surface area contributed by atoms with Crippen molar-refractivity contribution >= 4 is 22.3 Å². The lowest BCUT2D eigenvalue weighted by atomic mass is 9.89. The molecule has 0 atom stereocenters. The lowest BCUT2D eigenvalue weighted by Gasteiger charge is -2.22. The van der Waals surface area contributed by atoms with Crippen LogP contribution in [0.2, 0.25) is 0 Å². The van der Waals surface area contributed by atoms with E-state index in [1.165, 1.54) is 16.8 Å². The maximum absolute atomic E-state index is 12.4. The molecule has 0 spiro atoms. The quantitative estimate of drug-likeness (QED) is 0.787. The van der Waals surface area contributed by atoms with Crippen LogP contribution in [0.4, 0.5) is 11.4 Å². The molecule has 1 aromatic heterocycles. The fourth-order valence-electron chi connectivity index (χ4n) is 3.73. The molecule has 23 heavy (non-hydrogen) atoms. The van der Waals surface area contributed by atoms with Crippen LogP contribution in [0.5, 0.6) is 0 Å². The second-order valence-electron chi connectivity index (χ2n) is 5.67. The van der Waals surface area contributed by atoms with Gasteiger partial charge in [-0.3, -0.25) is 0 Å². The Bertz CT molecular complexity index is 776. The monoisotopic (exact) mass is 316 g/mol. The smallest absolute Gasteiger partial charge is 0.360 e. The molecule has 0 aliphatic carbocycles. The van der Waals surface area contributed by atoms with E-state index < -0.39 is 0 Å². The third kappa shape index (κ3) is 2.60. The number of hydrogen-bond acceptors (Lipinski definition) is 4. The maximum atomic E-state index is 12.4. The Morgan fingerprint density at radius 1 is 0.739 bits per heavy atom. The van der Waals surface area contributed by atoms with Gasteiger partial charge in [0.05, 0.1) is 0 Å². The molecule has 0 saturated heterocycles. The van der Waals surface area contributed by atoms with Crippen molar-refractivity contribution in [3.8, 4) is 0 Å². The molecule has 2 rings (SSSR count). The number of aryl methyl sites for hydroxylation is 3. The van der Waals surface area contributed by atoms with Crippen LogP contribution < -0.4 is 16.3 Å². The van der Waals surface area contributed by atoms with E-state index in [0.29, 0.717) is 5.69 Å². The highest BCUT2D eigenvalue weighted by Crippen LogP contribution is 2.38. The van der Waals surface area contributed by atoms with Gasteiger partial charge < -0.3 is 15.1 Å². The Balaban J connectivity index is 3.17. The van der Waals surface area contributed by atoms with Gasteiger partial charge in [-0.25, -0.2) is 4.79 Å². The molecule has 4 nitrogen and oxygen atoms in total. The number of nitrogens with one attached hydrogen (secondary N) is 2. The first-order valence-electron chi connectivity index (χ1n) is 8.61. The van der Waals surface area contributed by atoms with Crippen molar-refractivity contribution in [1.29, 1.82) is 0 Å². The van der Waals surface area contributed by atoms with Crippen molar-refractivity contribution in [1.82, 2.24) is 0 Å². The number of benzene rings is 1. The molecule has 4 heteroatoms. The number of hydrogen-bond donors (Lipinski definition) is 2. The summed E-state index contributed by atoms with van der Waals surface area (Å²) in [5, 5.41) is 7.54.